The second-order valence-corrected chi connectivity index (χ2v) is 7.55. The minimum atomic E-state index is 0.275. The van der Waals surface area contributed by atoms with E-state index in [1.54, 1.807) is 14.2 Å². The van der Waals surface area contributed by atoms with Gasteiger partial charge < -0.3 is 19.3 Å². The monoisotopic (exact) mass is 368 g/mol. The van der Waals surface area contributed by atoms with E-state index in [0.717, 1.165) is 77.5 Å². The first-order chi connectivity index (χ1) is 12.6. The molecule has 2 aliphatic heterocycles. The lowest BCUT2D eigenvalue weighted by Crippen LogP contribution is -2.40. The summed E-state index contributed by atoms with van der Waals surface area (Å²) in [6.07, 6.45) is 9.61. The molecule has 0 unspecified atom stereocenters. The van der Waals surface area contributed by atoms with Crippen molar-refractivity contribution in [1.82, 2.24) is 9.80 Å². The third-order valence-electron chi connectivity index (χ3n) is 5.79. The van der Waals surface area contributed by atoms with Crippen LogP contribution in [0.1, 0.15) is 64.2 Å². The largest absolute Gasteiger partial charge is 0.381 e. The number of rotatable bonds is 9. The summed E-state index contributed by atoms with van der Waals surface area (Å²) in [7, 11) is 3.49. The van der Waals surface area contributed by atoms with Crippen LogP contribution in [0.4, 0.5) is 0 Å². The Morgan fingerprint density at radius 2 is 1.04 bits per heavy atom. The molecule has 2 aliphatic rings. The van der Waals surface area contributed by atoms with Crippen molar-refractivity contribution in [2.75, 3.05) is 40.4 Å². The molecule has 2 fully saturated rings. The van der Waals surface area contributed by atoms with Crippen LogP contribution in [0.15, 0.2) is 0 Å². The van der Waals surface area contributed by atoms with Gasteiger partial charge in [-0.2, -0.15) is 0 Å². The number of methoxy groups -OCH3 is 2. The summed E-state index contributed by atoms with van der Waals surface area (Å²) in [5.74, 6) is 0.549. The van der Waals surface area contributed by atoms with E-state index in [0.29, 0.717) is 25.0 Å². The molecule has 0 aromatic heterocycles. The number of carbonyl (C=O) groups is 2. The van der Waals surface area contributed by atoms with Gasteiger partial charge in [-0.15, -0.1) is 0 Å². The zero-order chi connectivity index (χ0) is 18.8. The van der Waals surface area contributed by atoms with Gasteiger partial charge in [-0.1, -0.05) is 12.8 Å². The van der Waals surface area contributed by atoms with E-state index in [1.807, 2.05) is 9.80 Å². The van der Waals surface area contributed by atoms with Gasteiger partial charge in [-0.05, 0) is 38.5 Å². The van der Waals surface area contributed by atoms with Crippen molar-refractivity contribution in [3.05, 3.63) is 0 Å². The van der Waals surface area contributed by atoms with Crippen molar-refractivity contribution in [3.63, 3.8) is 0 Å². The van der Waals surface area contributed by atoms with Gasteiger partial charge in [-0.3, -0.25) is 9.59 Å². The van der Waals surface area contributed by atoms with Gasteiger partial charge in [0.25, 0.3) is 0 Å². The van der Waals surface area contributed by atoms with Gasteiger partial charge in [0.05, 0.1) is 12.2 Å². The van der Waals surface area contributed by atoms with Gasteiger partial charge in [0.1, 0.15) is 0 Å². The SMILES string of the molecule is COC1CCN(C(=O)CCCCCCC(=O)N2CCC(OC)CC2)CC1. The van der Waals surface area contributed by atoms with E-state index in [1.165, 1.54) is 0 Å². The predicted molar refractivity (Wildman–Crippen MR) is 101 cm³/mol. The van der Waals surface area contributed by atoms with Gasteiger partial charge >= 0.3 is 0 Å². The Morgan fingerprint density at radius 1 is 0.692 bits per heavy atom. The Morgan fingerprint density at radius 3 is 1.35 bits per heavy atom. The summed E-state index contributed by atoms with van der Waals surface area (Å²) >= 11 is 0. The van der Waals surface area contributed by atoms with Gasteiger partial charge in [0, 0.05) is 53.2 Å². The second-order valence-electron chi connectivity index (χ2n) is 7.55. The Balaban J connectivity index is 1.48. The third-order valence-corrected chi connectivity index (χ3v) is 5.79. The fourth-order valence-corrected chi connectivity index (χ4v) is 3.90. The second kappa shape index (κ2) is 11.5. The van der Waals surface area contributed by atoms with Crippen LogP contribution in [0.2, 0.25) is 0 Å². The molecule has 0 aromatic carbocycles. The molecular formula is C20H36N2O4. The maximum atomic E-state index is 12.2. The zero-order valence-electron chi connectivity index (χ0n) is 16.6. The van der Waals surface area contributed by atoms with Gasteiger partial charge in [0.15, 0.2) is 0 Å². The molecule has 6 heteroatoms. The molecule has 150 valence electrons. The van der Waals surface area contributed by atoms with Crippen molar-refractivity contribution in [1.29, 1.82) is 0 Å². The molecule has 0 N–H and O–H groups in total. The lowest BCUT2D eigenvalue weighted by atomic mass is 10.1. The van der Waals surface area contributed by atoms with E-state index >= 15 is 0 Å². The molecule has 0 atom stereocenters. The normalized spacial score (nSPS) is 19.8. The summed E-state index contributed by atoms with van der Waals surface area (Å²) in [5, 5.41) is 0. The van der Waals surface area contributed by atoms with Crippen molar-refractivity contribution in [2.24, 2.45) is 0 Å². The summed E-state index contributed by atoms with van der Waals surface area (Å²) in [5.41, 5.74) is 0. The molecular weight excluding hydrogens is 332 g/mol. The fourth-order valence-electron chi connectivity index (χ4n) is 3.90. The van der Waals surface area contributed by atoms with Crippen molar-refractivity contribution in [2.45, 2.75) is 76.4 Å². The Labute approximate surface area is 158 Å². The quantitative estimate of drug-likeness (QED) is 0.587. The van der Waals surface area contributed by atoms with Crippen LogP contribution in [0.25, 0.3) is 0 Å². The molecule has 0 radical (unpaired) electrons. The van der Waals surface area contributed by atoms with Crippen molar-refractivity contribution >= 4 is 11.8 Å². The minimum absolute atomic E-state index is 0.275. The van der Waals surface area contributed by atoms with E-state index in [4.69, 9.17) is 9.47 Å². The standard InChI is InChI=1S/C20H36N2O4/c1-25-17-9-13-21(14-10-17)19(23)7-5-3-4-6-8-20(24)22-15-11-18(26-2)12-16-22/h17-18H,3-16H2,1-2H3. The highest BCUT2D eigenvalue weighted by atomic mass is 16.5. The molecule has 2 heterocycles. The number of unbranched alkanes of at least 4 members (excludes halogenated alkanes) is 3. The molecule has 26 heavy (non-hydrogen) atoms. The summed E-state index contributed by atoms with van der Waals surface area (Å²) in [6, 6.07) is 0. The van der Waals surface area contributed by atoms with Crippen LogP contribution >= 0.6 is 0 Å². The lowest BCUT2D eigenvalue weighted by Gasteiger charge is -2.31. The number of hydrogen-bond acceptors (Lipinski definition) is 4. The number of hydrogen-bond donors (Lipinski definition) is 0. The molecule has 2 amide bonds. The summed E-state index contributed by atoms with van der Waals surface area (Å²) in [6.45, 7) is 3.30. The van der Waals surface area contributed by atoms with E-state index in [-0.39, 0.29) is 11.8 Å². The Bertz CT molecular complexity index is 388. The molecule has 2 rings (SSSR count). The highest BCUT2D eigenvalue weighted by Gasteiger charge is 2.23. The van der Waals surface area contributed by atoms with Crippen LogP contribution in [0.3, 0.4) is 0 Å². The minimum Gasteiger partial charge on any atom is -0.381 e. The average molecular weight is 369 g/mol. The summed E-state index contributed by atoms with van der Waals surface area (Å²) < 4.78 is 10.7. The van der Waals surface area contributed by atoms with Crippen molar-refractivity contribution in [3.8, 4) is 0 Å². The number of piperidine rings is 2. The number of nitrogens with zero attached hydrogens (tertiary/aromatic N) is 2. The first-order valence-electron chi connectivity index (χ1n) is 10.2. The number of ether oxygens (including phenoxy) is 2. The molecule has 0 saturated carbocycles. The van der Waals surface area contributed by atoms with Crippen LogP contribution in [-0.2, 0) is 19.1 Å². The van der Waals surface area contributed by atoms with E-state index in [9.17, 15) is 9.59 Å². The Kier molecular flexibility index (Phi) is 9.40. The van der Waals surface area contributed by atoms with Crippen LogP contribution in [-0.4, -0.2) is 74.2 Å². The number of carbonyl (C=O) groups excluding carboxylic acids is 2. The van der Waals surface area contributed by atoms with Crippen LogP contribution in [0, 0.1) is 0 Å². The van der Waals surface area contributed by atoms with Crippen molar-refractivity contribution < 1.29 is 19.1 Å². The number of likely N-dealkylation sites (tertiary alicyclic amines) is 2. The summed E-state index contributed by atoms with van der Waals surface area (Å²) in [4.78, 5) is 28.4. The van der Waals surface area contributed by atoms with Gasteiger partial charge in [0.2, 0.25) is 11.8 Å². The van der Waals surface area contributed by atoms with Gasteiger partial charge in [-0.25, -0.2) is 0 Å². The fraction of sp³-hybridized carbons (Fsp3) is 0.900. The maximum Gasteiger partial charge on any atom is 0.222 e. The van der Waals surface area contributed by atoms with Crippen LogP contribution in [0.5, 0.6) is 0 Å². The topological polar surface area (TPSA) is 59.1 Å². The van der Waals surface area contributed by atoms with E-state index < -0.39 is 0 Å². The highest BCUT2D eigenvalue weighted by molar-refractivity contribution is 5.76. The smallest absolute Gasteiger partial charge is 0.222 e. The third kappa shape index (κ3) is 6.88. The zero-order valence-corrected chi connectivity index (χ0v) is 16.6. The average Bonchev–Trinajstić information content (AvgIpc) is 2.70. The molecule has 0 aromatic rings. The predicted octanol–water partition coefficient (Wildman–Crippen LogP) is 2.60. The molecule has 0 bridgehead atoms. The molecule has 6 nitrogen and oxygen atoms in total. The number of amides is 2. The molecule has 0 aliphatic carbocycles. The van der Waals surface area contributed by atoms with E-state index in [2.05, 4.69) is 0 Å². The first-order valence-corrected chi connectivity index (χ1v) is 10.2. The first kappa shape index (κ1) is 21.2. The maximum absolute atomic E-state index is 12.2. The Hall–Kier alpha value is -1.14. The van der Waals surface area contributed by atoms with Crippen LogP contribution < -0.4 is 0 Å². The molecule has 0 spiro atoms. The molecule has 2 saturated heterocycles. The lowest BCUT2D eigenvalue weighted by molar-refractivity contribution is -0.134. The highest BCUT2D eigenvalue weighted by Crippen LogP contribution is 2.17.